The van der Waals surface area contributed by atoms with Crippen molar-refractivity contribution in [3.05, 3.63) is 42.1 Å². The standard InChI is InChI=1S/C16H21FN4O2/c1-15(2,3)23-14(22)20-13(6-9-18)21-16(7-8-16)12-5-4-11(17)10-19-12/h4-6,9-10H,7-8,18H2,1-3H3,(H,20,21,22)/b9-6-. The molecule has 124 valence electrons. The first kappa shape index (κ1) is 16.9. The lowest BCUT2D eigenvalue weighted by Gasteiger charge is -2.20. The monoisotopic (exact) mass is 320 g/mol. The van der Waals surface area contributed by atoms with Crippen LogP contribution in [0.5, 0.6) is 0 Å². The van der Waals surface area contributed by atoms with Gasteiger partial charge in [0.15, 0.2) is 0 Å². The molecule has 1 amide bonds. The van der Waals surface area contributed by atoms with Crippen LogP contribution in [0, 0.1) is 5.82 Å². The molecule has 1 aromatic heterocycles. The molecule has 1 aliphatic carbocycles. The van der Waals surface area contributed by atoms with E-state index in [2.05, 4.69) is 15.3 Å². The van der Waals surface area contributed by atoms with Crippen molar-refractivity contribution in [3.63, 3.8) is 0 Å². The van der Waals surface area contributed by atoms with Crippen LogP contribution in [-0.2, 0) is 10.3 Å². The van der Waals surface area contributed by atoms with E-state index in [1.807, 2.05) is 0 Å². The first-order valence-electron chi connectivity index (χ1n) is 7.34. The number of carbonyl (C=O) groups is 1. The number of hydrogen-bond donors (Lipinski definition) is 2. The molecule has 3 N–H and O–H groups in total. The van der Waals surface area contributed by atoms with Crippen LogP contribution < -0.4 is 11.1 Å². The van der Waals surface area contributed by atoms with E-state index in [9.17, 15) is 9.18 Å². The number of halogens is 1. The highest BCUT2D eigenvalue weighted by atomic mass is 19.1. The molecule has 1 heterocycles. The maximum absolute atomic E-state index is 13.0. The van der Waals surface area contributed by atoms with Crippen LogP contribution in [0.3, 0.4) is 0 Å². The molecule has 23 heavy (non-hydrogen) atoms. The van der Waals surface area contributed by atoms with Crippen molar-refractivity contribution in [1.82, 2.24) is 10.3 Å². The zero-order valence-corrected chi connectivity index (χ0v) is 13.5. The van der Waals surface area contributed by atoms with Crippen molar-refractivity contribution in [3.8, 4) is 0 Å². The minimum Gasteiger partial charge on any atom is -0.444 e. The molecule has 1 aliphatic rings. The van der Waals surface area contributed by atoms with Crippen LogP contribution in [0.15, 0.2) is 35.6 Å². The summed E-state index contributed by atoms with van der Waals surface area (Å²) in [5.41, 5.74) is 4.91. The molecule has 0 spiro atoms. The lowest BCUT2D eigenvalue weighted by atomic mass is 10.1. The van der Waals surface area contributed by atoms with Gasteiger partial charge in [-0.15, -0.1) is 0 Å². The fourth-order valence-corrected chi connectivity index (χ4v) is 2.03. The van der Waals surface area contributed by atoms with Gasteiger partial charge in [-0.25, -0.2) is 9.18 Å². The van der Waals surface area contributed by atoms with Gasteiger partial charge >= 0.3 is 6.09 Å². The van der Waals surface area contributed by atoms with Gasteiger partial charge < -0.3 is 10.5 Å². The SMILES string of the molecule is CC(C)(C)OC(=O)NC(/C=C\N)=NC1(c2ccc(F)cn2)CC1. The Morgan fingerprint density at radius 2 is 2.17 bits per heavy atom. The van der Waals surface area contributed by atoms with Crippen molar-refractivity contribution in [2.45, 2.75) is 44.8 Å². The average molecular weight is 320 g/mol. The van der Waals surface area contributed by atoms with Crippen molar-refractivity contribution < 1.29 is 13.9 Å². The van der Waals surface area contributed by atoms with Crippen LogP contribution >= 0.6 is 0 Å². The van der Waals surface area contributed by atoms with Crippen LogP contribution in [0.25, 0.3) is 0 Å². The van der Waals surface area contributed by atoms with Gasteiger partial charge in [0.05, 0.1) is 11.9 Å². The van der Waals surface area contributed by atoms with E-state index in [-0.39, 0.29) is 5.84 Å². The summed E-state index contributed by atoms with van der Waals surface area (Å²) in [6.45, 7) is 5.31. The van der Waals surface area contributed by atoms with E-state index in [4.69, 9.17) is 10.5 Å². The second-order valence-corrected chi connectivity index (χ2v) is 6.38. The summed E-state index contributed by atoms with van der Waals surface area (Å²) < 4.78 is 18.2. The fourth-order valence-electron chi connectivity index (χ4n) is 2.03. The van der Waals surface area contributed by atoms with Gasteiger partial charge in [0.2, 0.25) is 0 Å². The molecule has 2 rings (SSSR count). The van der Waals surface area contributed by atoms with E-state index < -0.39 is 23.1 Å². The number of ether oxygens (including phenoxy) is 1. The van der Waals surface area contributed by atoms with Crippen molar-refractivity contribution in [2.24, 2.45) is 10.7 Å². The molecule has 0 aliphatic heterocycles. The number of amidine groups is 1. The minimum atomic E-state index is -0.614. The Kier molecular flexibility index (Phi) is 4.68. The highest BCUT2D eigenvalue weighted by Crippen LogP contribution is 2.48. The molecule has 0 unspecified atom stereocenters. The summed E-state index contributed by atoms with van der Waals surface area (Å²) in [7, 11) is 0. The zero-order chi connectivity index (χ0) is 17.1. The number of aliphatic imine (C=N–C) groups is 1. The maximum Gasteiger partial charge on any atom is 0.413 e. The van der Waals surface area contributed by atoms with Gasteiger partial charge in [0.1, 0.15) is 22.8 Å². The molecule has 1 saturated carbocycles. The summed E-state index contributed by atoms with van der Waals surface area (Å²) in [6, 6.07) is 2.95. The summed E-state index contributed by atoms with van der Waals surface area (Å²) in [5.74, 6) is -0.118. The Bertz CT molecular complexity index is 628. The van der Waals surface area contributed by atoms with E-state index in [0.29, 0.717) is 5.69 Å². The van der Waals surface area contributed by atoms with E-state index in [1.54, 1.807) is 26.8 Å². The number of pyridine rings is 1. The Morgan fingerprint density at radius 3 is 2.65 bits per heavy atom. The second kappa shape index (κ2) is 6.36. The number of nitrogens with zero attached hydrogens (tertiary/aromatic N) is 2. The molecule has 0 bridgehead atoms. The number of carbonyl (C=O) groups excluding carboxylic acids is 1. The fraction of sp³-hybridized carbons (Fsp3) is 0.438. The van der Waals surface area contributed by atoms with Crippen molar-refractivity contribution >= 4 is 11.9 Å². The molecule has 0 aromatic carbocycles. The van der Waals surface area contributed by atoms with Gasteiger partial charge in [0.25, 0.3) is 0 Å². The van der Waals surface area contributed by atoms with Gasteiger partial charge in [0, 0.05) is 0 Å². The Hall–Kier alpha value is -2.44. The van der Waals surface area contributed by atoms with Crippen molar-refractivity contribution in [1.29, 1.82) is 0 Å². The third-order valence-corrected chi connectivity index (χ3v) is 3.15. The highest BCUT2D eigenvalue weighted by molar-refractivity contribution is 6.02. The molecule has 1 aromatic rings. The molecular weight excluding hydrogens is 299 g/mol. The van der Waals surface area contributed by atoms with Gasteiger partial charge in [-0.1, -0.05) is 0 Å². The number of rotatable bonds is 3. The largest absolute Gasteiger partial charge is 0.444 e. The normalized spacial score (nSPS) is 17.1. The van der Waals surface area contributed by atoms with Crippen molar-refractivity contribution in [2.75, 3.05) is 0 Å². The smallest absolute Gasteiger partial charge is 0.413 e. The van der Waals surface area contributed by atoms with Gasteiger partial charge in [-0.3, -0.25) is 15.3 Å². The summed E-state index contributed by atoms with van der Waals surface area (Å²) in [5, 5.41) is 2.57. The lowest BCUT2D eigenvalue weighted by Crippen LogP contribution is -2.36. The molecular formula is C16H21FN4O2. The topological polar surface area (TPSA) is 89.6 Å². The zero-order valence-electron chi connectivity index (χ0n) is 13.5. The van der Waals surface area contributed by atoms with E-state index in [0.717, 1.165) is 19.0 Å². The Balaban J connectivity index is 2.18. The molecule has 0 saturated heterocycles. The minimum absolute atomic E-state index is 0.283. The summed E-state index contributed by atoms with van der Waals surface area (Å²) in [6.07, 6.45) is 4.84. The van der Waals surface area contributed by atoms with Crippen LogP contribution in [-0.4, -0.2) is 22.5 Å². The third-order valence-electron chi connectivity index (χ3n) is 3.15. The predicted octanol–water partition coefficient (Wildman–Crippen LogP) is 2.61. The summed E-state index contributed by atoms with van der Waals surface area (Å²) in [4.78, 5) is 20.5. The first-order chi connectivity index (χ1) is 10.7. The quantitative estimate of drug-likeness (QED) is 0.662. The highest BCUT2D eigenvalue weighted by Gasteiger charge is 2.46. The number of hydrogen-bond acceptors (Lipinski definition) is 5. The summed E-state index contributed by atoms with van der Waals surface area (Å²) >= 11 is 0. The number of nitrogens with one attached hydrogen (secondary N) is 1. The van der Waals surface area contributed by atoms with Crippen LogP contribution in [0.4, 0.5) is 9.18 Å². The lowest BCUT2D eigenvalue weighted by molar-refractivity contribution is 0.0563. The maximum atomic E-state index is 13.0. The Morgan fingerprint density at radius 1 is 1.48 bits per heavy atom. The van der Waals surface area contributed by atoms with Gasteiger partial charge in [-0.2, -0.15) is 0 Å². The molecule has 1 fully saturated rings. The Labute approximate surface area is 134 Å². The third kappa shape index (κ3) is 4.77. The van der Waals surface area contributed by atoms with Crippen LogP contribution in [0.2, 0.25) is 0 Å². The number of aromatic nitrogens is 1. The molecule has 0 atom stereocenters. The first-order valence-corrected chi connectivity index (χ1v) is 7.34. The second-order valence-electron chi connectivity index (χ2n) is 6.38. The molecule has 7 heteroatoms. The molecule has 6 nitrogen and oxygen atoms in total. The average Bonchev–Trinajstić information content (AvgIpc) is 3.18. The van der Waals surface area contributed by atoms with Crippen LogP contribution in [0.1, 0.15) is 39.3 Å². The number of nitrogens with two attached hydrogens (primary N) is 1. The van der Waals surface area contributed by atoms with Gasteiger partial charge in [-0.05, 0) is 58.0 Å². The number of amides is 1. The predicted molar refractivity (Wildman–Crippen MR) is 85.2 cm³/mol. The molecule has 0 radical (unpaired) electrons. The van der Waals surface area contributed by atoms with E-state index >= 15 is 0 Å². The number of alkyl carbamates (subject to hydrolysis) is 1. The van der Waals surface area contributed by atoms with E-state index in [1.165, 1.54) is 18.3 Å².